The van der Waals surface area contributed by atoms with E-state index in [2.05, 4.69) is 55.3 Å². The van der Waals surface area contributed by atoms with Gasteiger partial charge in [0.2, 0.25) is 0 Å². The van der Waals surface area contributed by atoms with Crippen molar-refractivity contribution in [3.8, 4) is 0 Å². The van der Waals surface area contributed by atoms with Gasteiger partial charge in [-0.2, -0.15) is 0 Å². The first-order valence-corrected chi connectivity index (χ1v) is 8.20. The Kier molecular flexibility index (Phi) is 6.06. The molecule has 1 fully saturated rings. The number of nitrogens with zero attached hydrogens (tertiary/aromatic N) is 1. The van der Waals surface area contributed by atoms with Crippen LogP contribution in [-0.2, 0) is 13.0 Å². The van der Waals surface area contributed by atoms with Gasteiger partial charge < -0.3 is 5.32 Å². The Hall–Kier alpha value is -0.860. The number of likely N-dealkylation sites (N-methyl/N-ethyl adjacent to an activating group) is 1. The van der Waals surface area contributed by atoms with E-state index in [4.69, 9.17) is 0 Å². The molecule has 1 heterocycles. The molecule has 0 aliphatic carbocycles. The van der Waals surface area contributed by atoms with E-state index in [1.807, 2.05) is 0 Å². The lowest BCUT2D eigenvalue weighted by molar-refractivity contribution is 0.296. The van der Waals surface area contributed by atoms with Crippen LogP contribution in [0.15, 0.2) is 24.3 Å². The van der Waals surface area contributed by atoms with Gasteiger partial charge >= 0.3 is 0 Å². The fourth-order valence-corrected chi connectivity index (χ4v) is 3.15. The fourth-order valence-electron chi connectivity index (χ4n) is 3.15. The molecule has 1 saturated heterocycles. The van der Waals surface area contributed by atoms with Gasteiger partial charge in [0.25, 0.3) is 0 Å². The molecule has 2 nitrogen and oxygen atoms in total. The number of rotatable bonds is 7. The molecule has 0 radical (unpaired) electrons. The number of benzene rings is 1. The van der Waals surface area contributed by atoms with Gasteiger partial charge in [-0.15, -0.1) is 0 Å². The average Bonchev–Trinajstić information content (AvgIpc) is 2.90. The van der Waals surface area contributed by atoms with Crippen LogP contribution in [-0.4, -0.2) is 31.1 Å². The summed E-state index contributed by atoms with van der Waals surface area (Å²) >= 11 is 0. The van der Waals surface area contributed by atoms with Crippen LogP contribution in [0, 0.1) is 11.8 Å². The van der Waals surface area contributed by atoms with Gasteiger partial charge in [-0.3, -0.25) is 4.90 Å². The third-order valence-corrected chi connectivity index (χ3v) is 4.59. The van der Waals surface area contributed by atoms with Gasteiger partial charge in [0, 0.05) is 13.1 Å². The molecule has 1 N–H and O–H groups in total. The molecule has 1 aliphatic heterocycles. The summed E-state index contributed by atoms with van der Waals surface area (Å²) in [5.41, 5.74) is 3.04. The van der Waals surface area contributed by atoms with Crippen LogP contribution in [0.2, 0.25) is 0 Å². The van der Waals surface area contributed by atoms with Crippen LogP contribution >= 0.6 is 0 Å². The maximum absolute atomic E-state index is 3.43. The highest BCUT2D eigenvalue weighted by Gasteiger charge is 2.24. The zero-order valence-corrected chi connectivity index (χ0v) is 13.4. The molecule has 112 valence electrons. The van der Waals surface area contributed by atoms with E-state index in [-0.39, 0.29) is 0 Å². The molecule has 1 aliphatic rings. The van der Waals surface area contributed by atoms with Crippen LogP contribution in [0.5, 0.6) is 0 Å². The standard InChI is InChI=1S/C18H30N2/c1-4-19-11-9-16-7-5-6-8-18(16)14-20-12-10-17(13-20)15(2)3/h5-8,15,17,19H,4,9-14H2,1-3H3. The molecule has 20 heavy (non-hydrogen) atoms. The molecule has 1 aromatic carbocycles. The van der Waals surface area contributed by atoms with E-state index < -0.39 is 0 Å². The topological polar surface area (TPSA) is 15.3 Å². The molecule has 0 amide bonds. The first-order chi connectivity index (χ1) is 9.70. The van der Waals surface area contributed by atoms with Crippen molar-refractivity contribution >= 4 is 0 Å². The van der Waals surface area contributed by atoms with Gasteiger partial charge in [-0.25, -0.2) is 0 Å². The summed E-state index contributed by atoms with van der Waals surface area (Å²) in [5, 5.41) is 3.43. The Balaban J connectivity index is 1.92. The molecule has 0 bridgehead atoms. The normalized spacial score (nSPS) is 19.9. The van der Waals surface area contributed by atoms with E-state index >= 15 is 0 Å². The number of likely N-dealkylation sites (tertiary alicyclic amines) is 1. The summed E-state index contributed by atoms with van der Waals surface area (Å²) < 4.78 is 0. The summed E-state index contributed by atoms with van der Waals surface area (Å²) in [4.78, 5) is 2.64. The average molecular weight is 274 g/mol. The van der Waals surface area contributed by atoms with Gasteiger partial charge in [0.1, 0.15) is 0 Å². The SMILES string of the molecule is CCNCCc1ccccc1CN1CCC(C(C)C)C1. The molecular weight excluding hydrogens is 244 g/mol. The second kappa shape index (κ2) is 7.80. The second-order valence-electron chi connectivity index (χ2n) is 6.40. The molecule has 2 heteroatoms. The molecular formula is C18H30N2. The third kappa shape index (κ3) is 4.32. The Bertz CT molecular complexity index is 400. The second-order valence-corrected chi connectivity index (χ2v) is 6.40. The van der Waals surface area contributed by atoms with Crippen molar-refractivity contribution < 1.29 is 0 Å². The van der Waals surface area contributed by atoms with E-state index in [0.29, 0.717) is 0 Å². The van der Waals surface area contributed by atoms with Crippen LogP contribution < -0.4 is 5.32 Å². The van der Waals surface area contributed by atoms with Crippen LogP contribution in [0.25, 0.3) is 0 Å². The van der Waals surface area contributed by atoms with Crippen molar-refractivity contribution in [2.45, 2.75) is 40.2 Å². The first-order valence-electron chi connectivity index (χ1n) is 8.20. The Labute approximate surface area is 124 Å². The largest absolute Gasteiger partial charge is 0.317 e. The lowest BCUT2D eigenvalue weighted by atomic mass is 9.95. The van der Waals surface area contributed by atoms with Crippen molar-refractivity contribution in [2.75, 3.05) is 26.2 Å². The van der Waals surface area contributed by atoms with Gasteiger partial charge in [-0.1, -0.05) is 45.0 Å². The highest BCUT2D eigenvalue weighted by atomic mass is 15.1. The predicted molar refractivity (Wildman–Crippen MR) is 86.9 cm³/mol. The Morgan fingerprint density at radius 2 is 2.00 bits per heavy atom. The Morgan fingerprint density at radius 1 is 1.25 bits per heavy atom. The van der Waals surface area contributed by atoms with E-state index in [1.165, 1.54) is 30.6 Å². The van der Waals surface area contributed by atoms with Crippen LogP contribution in [0.3, 0.4) is 0 Å². The van der Waals surface area contributed by atoms with Gasteiger partial charge in [0.05, 0.1) is 0 Å². The quantitative estimate of drug-likeness (QED) is 0.767. The fraction of sp³-hybridized carbons (Fsp3) is 0.667. The zero-order chi connectivity index (χ0) is 14.4. The van der Waals surface area contributed by atoms with Crippen molar-refractivity contribution in [1.82, 2.24) is 10.2 Å². The minimum absolute atomic E-state index is 0.823. The maximum Gasteiger partial charge on any atom is 0.0236 e. The minimum Gasteiger partial charge on any atom is -0.317 e. The molecule has 1 aromatic rings. The molecule has 0 spiro atoms. The lowest BCUT2D eigenvalue weighted by Gasteiger charge is -2.19. The monoisotopic (exact) mass is 274 g/mol. The zero-order valence-electron chi connectivity index (χ0n) is 13.4. The highest BCUT2D eigenvalue weighted by molar-refractivity contribution is 5.27. The summed E-state index contributed by atoms with van der Waals surface area (Å²) in [6.45, 7) is 12.7. The number of hydrogen-bond acceptors (Lipinski definition) is 2. The minimum atomic E-state index is 0.823. The van der Waals surface area contributed by atoms with Gasteiger partial charge in [0.15, 0.2) is 0 Å². The van der Waals surface area contributed by atoms with E-state index in [9.17, 15) is 0 Å². The molecule has 0 aromatic heterocycles. The maximum atomic E-state index is 3.43. The number of nitrogens with one attached hydrogen (secondary N) is 1. The van der Waals surface area contributed by atoms with Crippen LogP contribution in [0.1, 0.15) is 38.3 Å². The first kappa shape index (κ1) is 15.5. The van der Waals surface area contributed by atoms with Crippen molar-refractivity contribution in [3.05, 3.63) is 35.4 Å². The van der Waals surface area contributed by atoms with Crippen LogP contribution in [0.4, 0.5) is 0 Å². The van der Waals surface area contributed by atoms with Crippen molar-refractivity contribution in [3.63, 3.8) is 0 Å². The summed E-state index contributed by atoms with van der Waals surface area (Å²) in [6.07, 6.45) is 2.52. The number of hydrogen-bond donors (Lipinski definition) is 1. The lowest BCUT2D eigenvalue weighted by Crippen LogP contribution is -2.23. The van der Waals surface area contributed by atoms with Crippen molar-refractivity contribution in [1.29, 1.82) is 0 Å². The smallest absolute Gasteiger partial charge is 0.0236 e. The summed E-state index contributed by atoms with van der Waals surface area (Å²) in [5.74, 6) is 1.72. The van der Waals surface area contributed by atoms with E-state index in [0.717, 1.165) is 37.9 Å². The summed E-state index contributed by atoms with van der Waals surface area (Å²) in [7, 11) is 0. The third-order valence-electron chi connectivity index (χ3n) is 4.59. The summed E-state index contributed by atoms with van der Waals surface area (Å²) in [6, 6.07) is 8.96. The predicted octanol–water partition coefficient (Wildman–Crippen LogP) is 3.32. The molecule has 1 atom stereocenters. The molecule has 1 unspecified atom stereocenters. The van der Waals surface area contributed by atoms with Crippen molar-refractivity contribution in [2.24, 2.45) is 11.8 Å². The molecule has 0 saturated carbocycles. The van der Waals surface area contributed by atoms with Gasteiger partial charge in [-0.05, 0) is 55.4 Å². The molecule has 2 rings (SSSR count). The Morgan fingerprint density at radius 3 is 2.65 bits per heavy atom. The van der Waals surface area contributed by atoms with E-state index in [1.54, 1.807) is 0 Å². The highest BCUT2D eigenvalue weighted by Crippen LogP contribution is 2.25.